The average Bonchev–Trinajstić information content (AvgIpc) is 3.41. The topological polar surface area (TPSA) is 79.1 Å². The molecule has 0 radical (unpaired) electrons. The largest absolute Gasteiger partial charge is 0.493 e. The predicted molar refractivity (Wildman–Crippen MR) is 120 cm³/mol. The molecule has 9 heteroatoms. The van der Waals surface area contributed by atoms with Crippen LogP contribution in [0.2, 0.25) is 0 Å². The van der Waals surface area contributed by atoms with Gasteiger partial charge in [0.1, 0.15) is 6.04 Å². The number of nitrogens with zero attached hydrogens (tertiary/aromatic N) is 2. The smallest absolute Gasteiger partial charge is 0.338 e. The molecule has 1 atom stereocenters. The summed E-state index contributed by atoms with van der Waals surface area (Å²) in [6.07, 6.45) is 1.79. The van der Waals surface area contributed by atoms with Crippen molar-refractivity contribution < 1.29 is 19.0 Å². The highest BCUT2D eigenvalue weighted by molar-refractivity contribution is 7.10. The maximum atomic E-state index is 13.4. The zero-order valence-electron chi connectivity index (χ0n) is 17.4. The van der Waals surface area contributed by atoms with Gasteiger partial charge in [-0.05, 0) is 42.1 Å². The van der Waals surface area contributed by atoms with E-state index in [0.29, 0.717) is 32.1 Å². The molecule has 1 aliphatic rings. The molecule has 1 aromatic carbocycles. The first kappa shape index (κ1) is 21.1. The van der Waals surface area contributed by atoms with Gasteiger partial charge in [0.25, 0.3) is 5.56 Å². The Kier molecular flexibility index (Phi) is 5.79. The number of allylic oxidation sites excluding steroid dienone is 1. The van der Waals surface area contributed by atoms with Gasteiger partial charge >= 0.3 is 5.97 Å². The highest BCUT2D eigenvalue weighted by Crippen LogP contribution is 2.33. The fraction of sp³-hybridized carbons (Fsp3) is 0.227. The highest BCUT2D eigenvalue weighted by Gasteiger charge is 2.33. The van der Waals surface area contributed by atoms with Crippen LogP contribution in [0.1, 0.15) is 23.4 Å². The Labute approximate surface area is 186 Å². The first-order chi connectivity index (χ1) is 15.0. The van der Waals surface area contributed by atoms with E-state index in [1.807, 2.05) is 23.6 Å². The molecule has 31 heavy (non-hydrogen) atoms. The van der Waals surface area contributed by atoms with E-state index in [-0.39, 0.29) is 5.56 Å². The number of hydrogen-bond donors (Lipinski definition) is 0. The van der Waals surface area contributed by atoms with Crippen LogP contribution in [-0.4, -0.2) is 31.9 Å². The first-order valence-corrected chi connectivity index (χ1v) is 11.0. The third-order valence-corrected chi connectivity index (χ3v) is 6.85. The molecule has 0 bridgehead atoms. The lowest BCUT2D eigenvalue weighted by Gasteiger charge is -2.22. The molecule has 7 nitrogen and oxygen atoms in total. The van der Waals surface area contributed by atoms with E-state index in [2.05, 4.69) is 4.99 Å². The van der Waals surface area contributed by atoms with E-state index in [4.69, 9.17) is 14.2 Å². The number of thiazole rings is 1. The maximum Gasteiger partial charge on any atom is 0.338 e. The molecule has 0 saturated heterocycles. The van der Waals surface area contributed by atoms with Gasteiger partial charge in [-0.25, -0.2) is 9.79 Å². The SMILES string of the molecule is COC(=O)C1=C(C)N=c2s/c(=C/c3ccc(OC)c(OC)c3)c(=O)n2C1c1cccs1. The standard InChI is InChI=1S/C22H20N2O5S2/c1-12-18(21(26)29-4)19(16-6-5-9-30-16)24-20(25)17(31-22(24)23-12)11-13-7-8-14(27-2)15(10-13)28-3/h5-11,19H,1-4H3/b17-11+. The van der Waals surface area contributed by atoms with Gasteiger partial charge in [-0.3, -0.25) is 9.36 Å². The van der Waals surface area contributed by atoms with Crippen molar-refractivity contribution in [3.8, 4) is 11.5 Å². The van der Waals surface area contributed by atoms with Crippen LogP contribution < -0.4 is 24.4 Å². The molecule has 0 aliphatic carbocycles. The Morgan fingerprint density at radius 1 is 1.16 bits per heavy atom. The summed E-state index contributed by atoms with van der Waals surface area (Å²) in [7, 11) is 4.46. The Morgan fingerprint density at radius 2 is 1.94 bits per heavy atom. The number of methoxy groups -OCH3 is 3. The number of rotatable bonds is 5. The molecular weight excluding hydrogens is 436 g/mol. The molecule has 3 heterocycles. The van der Waals surface area contributed by atoms with Crippen LogP contribution in [0.15, 0.2) is 56.8 Å². The van der Waals surface area contributed by atoms with Crippen LogP contribution in [0.3, 0.4) is 0 Å². The molecule has 0 fully saturated rings. The van der Waals surface area contributed by atoms with Crippen molar-refractivity contribution in [2.24, 2.45) is 4.99 Å². The van der Waals surface area contributed by atoms with Crippen LogP contribution >= 0.6 is 22.7 Å². The minimum absolute atomic E-state index is 0.217. The zero-order chi connectivity index (χ0) is 22.1. The van der Waals surface area contributed by atoms with Gasteiger partial charge in [0, 0.05) is 4.88 Å². The number of thiophene rings is 1. The number of carbonyl (C=O) groups is 1. The summed E-state index contributed by atoms with van der Waals surface area (Å²) in [4.78, 5) is 31.9. The number of ether oxygens (including phenoxy) is 3. The van der Waals surface area contributed by atoms with E-state index in [1.165, 1.54) is 29.8 Å². The normalized spacial score (nSPS) is 16.0. The van der Waals surface area contributed by atoms with E-state index >= 15 is 0 Å². The monoisotopic (exact) mass is 456 g/mol. The molecular formula is C22H20N2O5S2. The van der Waals surface area contributed by atoms with E-state index in [9.17, 15) is 9.59 Å². The van der Waals surface area contributed by atoms with Gasteiger partial charge in [-0.2, -0.15) is 0 Å². The first-order valence-electron chi connectivity index (χ1n) is 9.34. The van der Waals surface area contributed by atoms with Crippen molar-refractivity contribution in [3.05, 3.63) is 77.1 Å². The number of carbonyl (C=O) groups excluding carboxylic acids is 1. The number of fused-ring (bicyclic) bond motifs is 1. The molecule has 3 aromatic rings. The molecule has 160 valence electrons. The van der Waals surface area contributed by atoms with E-state index < -0.39 is 12.0 Å². The third-order valence-electron chi connectivity index (χ3n) is 4.95. The summed E-state index contributed by atoms with van der Waals surface area (Å²) >= 11 is 2.76. The maximum absolute atomic E-state index is 13.4. The molecule has 0 spiro atoms. The third kappa shape index (κ3) is 3.70. The van der Waals surface area contributed by atoms with E-state index in [1.54, 1.807) is 43.9 Å². The van der Waals surface area contributed by atoms with Gasteiger partial charge in [0.2, 0.25) is 0 Å². The molecule has 1 aliphatic heterocycles. The zero-order valence-corrected chi connectivity index (χ0v) is 19.0. The fourth-order valence-corrected chi connectivity index (χ4v) is 5.37. The fourth-order valence-electron chi connectivity index (χ4n) is 3.50. The summed E-state index contributed by atoms with van der Waals surface area (Å²) in [5, 5.41) is 1.92. The van der Waals surface area contributed by atoms with Crippen LogP contribution in [0.5, 0.6) is 11.5 Å². The van der Waals surface area contributed by atoms with Crippen molar-refractivity contribution >= 4 is 34.7 Å². The summed E-state index contributed by atoms with van der Waals surface area (Å²) in [5.41, 5.74) is 1.49. The minimum atomic E-state index is -0.573. The lowest BCUT2D eigenvalue weighted by atomic mass is 10.0. The Balaban J connectivity index is 1.92. The molecule has 0 saturated carbocycles. The van der Waals surface area contributed by atoms with Crippen LogP contribution in [0.25, 0.3) is 6.08 Å². The molecule has 2 aromatic heterocycles. The lowest BCUT2D eigenvalue weighted by Crippen LogP contribution is -2.39. The second-order valence-corrected chi connectivity index (χ2v) is 8.69. The molecule has 1 unspecified atom stereocenters. The van der Waals surface area contributed by atoms with Crippen LogP contribution in [0, 0.1) is 0 Å². The van der Waals surface area contributed by atoms with Crippen LogP contribution in [0.4, 0.5) is 0 Å². The number of hydrogen-bond acceptors (Lipinski definition) is 8. The van der Waals surface area contributed by atoms with Crippen molar-refractivity contribution in [1.82, 2.24) is 4.57 Å². The Morgan fingerprint density at radius 3 is 2.58 bits per heavy atom. The summed E-state index contributed by atoms with van der Waals surface area (Å²) in [5.74, 6) is 0.690. The second kappa shape index (κ2) is 8.52. The highest BCUT2D eigenvalue weighted by atomic mass is 32.1. The van der Waals surface area contributed by atoms with Gasteiger partial charge in [-0.15, -0.1) is 11.3 Å². The summed E-state index contributed by atoms with van der Waals surface area (Å²) < 4.78 is 17.7. The Hall–Kier alpha value is -3.17. The number of aromatic nitrogens is 1. The van der Waals surface area contributed by atoms with E-state index in [0.717, 1.165) is 10.4 Å². The molecule has 0 N–H and O–H groups in total. The predicted octanol–water partition coefficient (Wildman–Crippen LogP) is 2.49. The Bertz CT molecular complexity index is 1350. The molecule has 0 amide bonds. The average molecular weight is 457 g/mol. The second-order valence-electron chi connectivity index (χ2n) is 6.70. The number of esters is 1. The quantitative estimate of drug-likeness (QED) is 0.551. The van der Waals surface area contributed by atoms with Gasteiger partial charge in [0.15, 0.2) is 16.3 Å². The van der Waals surface area contributed by atoms with Crippen LogP contribution in [-0.2, 0) is 9.53 Å². The number of benzene rings is 1. The van der Waals surface area contributed by atoms with Gasteiger partial charge in [0.05, 0.1) is 37.1 Å². The summed E-state index contributed by atoms with van der Waals surface area (Å²) in [6.45, 7) is 1.76. The van der Waals surface area contributed by atoms with Crippen molar-refractivity contribution in [3.63, 3.8) is 0 Å². The van der Waals surface area contributed by atoms with Gasteiger partial charge < -0.3 is 14.2 Å². The minimum Gasteiger partial charge on any atom is -0.493 e. The van der Waals surface area contributed by atoms with Crippen molar-refractivity contribution in [1.29, 1.82) is 0 Å². The lowest BCUT2D eigenvalue weighted by molar-refractivity contribution is -0.136. The van der Waals surface area contributed by atoms with Gasteiger partial charge in [-0.1, -0.05) is 23.5 Å². The summed E-state index contributed by atoms with van der Waals surface area (Å²) in [6, 6.07) is 8.67. The molecule has 4 rings (SSSR count). The van der Waals surface area contributed by atoms with Crippen molar-refractivity contribution in [2.75, 3.05) is 21.3 Å². The van der Waals surface area contributed by atoms with Crippen molar-refractivity contribution in [2.45, 2.75) is 13.0 Å².